The molecule has 3 fully saturated rings. The molecular weight excluding hydrogens is 580 g/mol. The van der Waals surface area contributed by atoms with Crippen LogP contribution in [0.25, 0.3) is 0 Å². The molecule has 0 radical (unpaired) electrons. The summed E-state index contributed by atoms with van der Waals surface area (Å²) in [4.78, 5) is 50.8. The lowest BCUT2D eigenvalue weighted by Crippen LogP contribution is -2.59. The van der Waals surface area contributed by atoms with Crippen LogP contribution < -0.4 is 9.80 Å². The Hall–Kier alpha value is -3.95. The number of amides is 3. The van der Waals surface area contributed by atoms with E-state index in [4.69, 9.17) is 4.74 Å². The summed E-state index contributed by atoms with van der Waals surface area (Å²) in [6, 6.07) is 15.7. The predicted molar refractivity (Wildman–Crippen MR) is 180 cm³/mol. The zero-order valence-corrected chi connectivity index (χ0v) is 27.6. The van der Waals surface area contributed by atoms with E-state index in [2.05, 4.69) is 31.9 Å². The van der Waals surface area contributed by atoms with E-state index in [9.17, 15) is 14.7 Å². The summed E-state index contributed by atoms with van der Waals surface area (Å²) < 4.78 is 6.86. The summed E-state index contributed by atoms with van der Waals surface area (Å²) in [5.74, 6) is -2.46. The van der Waals surface area contributed by atoms with E-state index in [0.717, 1.165) is 24.3 Å². The van der Waals surface area contributed by atoms with Gasteiger partial charge in [-0.05, 0) is 69.9 Å². The van der Waals surface area contributed by atoms with Crippen molar-refractivity contribution in [2.75, 3.05) is 49.6 Å². The third kappa shape index (κ3) is 5.53. The first-order chi connectivity index (χ1) is 22.1. The van der Waals surface area contributed by atoms with E-state index in [1.165, 1.54) is 0 Å². The summed E-state index contributed by atoms with van der Waals surface area (Å²) in [6.45, 7) is 15.7. The topological polar surface area (TPSA) is 93.6 Å². The third-order valence-electron chi connectivity index (χ3n) is 10.3. The summed E-state index contributed by atoms with van der Waals surface area (Å²) in [5, 5.41) is 10.8. The maximum Gasteiger partial charge on any atom is 0.253 e. The average Bonchev–Trinajstić information content (AvgIpc) is 3.64. The number of ether oxygens (including phenoxy) is 1. The number of likely N-dealkylation sites (tertiary alicyclic amines) is 1. The van der Waals surface area contributed by atoms with Crippen LogP contribution >= 0.6 is 0 Å². The van der Waals surface area contributed by atoms with E-state index in [0.29, 0.717) is 31.5 Å². The van der Waals surface area contributed by atoms with Gasteiger partial charge in [-0.1, -0.05) is 42.5 Å². The van der Waals surface area contributed by atoms with E-state index < -0.39 is 35.1 Å². The van der Waals surface area contributed by atoms with Gasteiger partial charge in [0, 0.05) is 44.6 Å². The summed E-state index contributed by atoms with van der Waals surface area (Å²) in [6.07, 6.45) is 4.66. The molecule has 3 aliphatic rings. The van der Waals surface area contributed by atoms with E-state index >= 15 is 4.79 Å². The molecule has 3 heterocycles. The molecule has 246 valence electrons. The van der Waals surface area contributed by atoms with Crippen LogP contribution in [0, 0.1) is 11.8 Å². The van der Waals surface area contributed by atoms with Gasteiger partial charge in [0.1, 0.15) is 11.6 Å². The van der Waals surface area contributed by atoms with Crippen molar-refractivity contribution in [3.8, 4) is 0 Å². The van der Waals surface area contributed by atoms with Crippen LogP contribution in [0.4, 0.5) is 11.4 Å². The van der Waals surface area contributed by atoms with Crippen molar-refractivity contribution < 1.29 is 24.2 Å². The molecule has 2 unspecified atom stereocenters. The predicted octanol–water partition coefficient (Wildman–Crippen LogP) is 4.06. The molecule has 9 nitrogen and oxygen atoms in total. The smallest absolute Gasteiger partial charge is 0.253 e. The first kappa shape index (κ1) is 33.4. The number of rotatable bonds is 14. The normalized spacial score (nSPS) is 26.8. The molecule has 3 amide bonds. The van der Waals surface area contributed by atoms with Gasteiger partial charge in [-0.15, -0.1) is 13.2 Å². The number of benzene rings is 2. The van der Waals surface area contributed by atoms with Gasteiger partial charge >= 0.3 is 0 Å². The quantitative estimate of drug-likeness (QED) is 0.317. The Balaban J connectivity index is 1.61. The minimum atomic E-state index is -1.22. The van der Waals surface area contributed by atoms with Crippen LogP contribution in [0.5, 0.6) is 0 Å². The zero-order valence-electron chi connectivity index (χ0n) is 27.6. The standard InChI is InChI=1S/C37H48N4O5/c1-7-22-38(6)33(43)30-31-34(44)41(29(25-42)24-26-14-12-11-13-15-26)32(37(31)21-20-36(30,5)46-37)35(45)40(23-8-2)28-18-16-27(17-19-28)39(9-3)10-4/h7-8,11-19,29-32,42H,1-2,9-10,20-25H2,3-6H3/t29-,30+,31+,32?,36-,37?/m1/s1. The monoisotopic (exact) mass is 628 g/mol. The van der Waals surface area contributed by atoms with Crippen LogP contribution in [-0.4, -0.2) is 95.7 Å². The van der Waals surface area contributed by atoms with Crippen molar-refractivity contribution >= 4 is 29.1 Å². The lowest BCUT2D eigenvalue weighted by atomic mass is 9.66. The minimum Gasteiger partial charge on any atom is -0.394 e. The number of fused-ring (bicyclic) bond motifs is 1. The molecule has 2 bridgehead atoms. The molecule has 0 aromatic heterocycles. The molecular formula is C37H48N4O5. The number of carbonyl (C=O) groups excluding carboxylic acids is 3. The van der Waals surface area contributed by atoms with Gasteiger partial charge in [-0.25, -0.2) is 0 Å². The van der Waals surface area contributed by atoms with Gasteiger partial charge < -0.3 is 29.4 Å². The van der Waals surface area contributed by atoms with Gasteiger partial charge in [0.25, 0.3) is 5.91 Å². The number of anilines is 2. The minimum absolute atomic E-state index is 0.200. The highest BCUT2D eigenvalue weighted by Crippen LogP contribution is 2.64. The zero-order chi connectivity index (χ0) is 33.2. The number of nitrogens with zero attached hydrogens (tertiary/aromatic N) is 4. The van der Waals surface area contributed by atoms with Crippen molar-refractivity contribution in [2.24, 2.45) is 11.8 Å². The third-order valence-corrected chi connectivity index (χ3v) is 10.3. The van der Waals surface area contributed by atoms with Gasteiger partial charge in [0.05, 0.1) is 30.1 Å². The van der Waals surface area contributed by atoms with Crippen LogP contribution in [0.2, 0.25) is 0 Å². The molecule has 46 heavy (non-hydrogen) atoms. The average molecular weight is 629 g/mol. The highest BCUT2D eigenvalue weighted by molar-refractivity contribution is 6.05. The number of hydrogen-bond donors (Lipinski definition) is 1. The fourth-order valence-corrected chi connectivity index (χ4v) is 8.10. The molecule has 2 aromatic carbocycles. The van der Waals surface area contributed by atoms with E-state index in [1.54, 1.807) is 33.9 Å². The number of hydrogen-bond acceptors (Lipinski definition) is 6. The van der Waals surface area contributed by atoms with Gasteiger partial charge in [0.2, 0.25) is 11.8 Å². The molecule has 3 saturated heterocycles. The largest absolute Gasteiger partial charge is 0.394 e. The first-order valence-electron chi connectivity index (χ1n) is 16.4. The Kier molecular flexibility index (Phi) is 9.75. The van der Waals surface area contributed by atoms with Crippen molar-refractivity contribution in [2.45, 2.75) is 63.3 Å². The van der Waals surface area contributed by atoms with Gasteiger partial charge in [-0.2, -0.15) is 0 Å². The van der Waals surface area contributed by atoms with Crippen molar-refractivity contribution in [3.63, 3.8) is 0 Å². The fraction of sp³-hybridized carbons (Fsp3) is 0.486. The number of carbonyl (C=O) groups is 3. The Bertz CT molecular complexity index is 1440. The van der Waals surface area contributed by atoms with Crippen LogP contribution in [0.1, 0.15) is 39.2 Å². The molecule has 1 N–H and O–H groups in total. The summed E-state index contributed by atoms with van der Waals surface area (Å²) in [7, 11) is 1.70. The Morgan fingerprint density at radius 1 is 1.00 bits per heavy atom. The van der Waals surface area contributed by atoms with Crippen LogP contribution in [0.15, 0.2) is 79.9 Å². The Morgan fingerprint density at radius 2 is 1.63 bits per heavy atom. The first-order valence-corrected chi connectivity index (χ1v) is 16.4. The number of aliphatic hydroxyl groups excluding tert-OH is 1. The maximum atomic E-state index is 15.0. The van der Waals surface area contributed by atoms with Crippen LogP contribution in [-0.2, 0) is 25.5 Å². The molecule has 3 aliphatic heterocycles. The second kappa shape index (κ2) is 13.4. The summed E-state index contributed by atoms with van der Waals surface area (Å²) in [5.41, 5.74) is 0.535. The SMILES string of the molecule is C=CCN(C)C(=O)[C@@H]1[C@H]2C(=O)N([C@@H](CO)Cc3ccccc3)C(C(=O)N(CC=C)c3ccc(N(CC)CC)cc3)C23CC[C@@]1(C)O3. The molecule has 0 saturated carbocycles. The van der Waals surface area contributed by atoms with Crippen molar-refractivity contribution in [1.82, 2.24) is 9.80 Å². The molecule has 0 aliphatic carbocycles. The fourth-order valence-electron chi connectivity index (χ4n) is 8.10. The molecule has 5 rings (SSSR count). The Morgan fingerprint density at radius 3 is 2.22 bits per heavy atom. The number of aliphatic hydroxyl groups is 1. The van der Waals surface area contributed by atoms with E-state index in [1.807, 2.05) is 61.5 Å². The maximum absolute atomic E-state index is 15.0. The summed E-state index contributed by atoms with van der Waals surface area (Å²) >= 11 is 0. The van der Waals surface area contributed by atoms with E-state index in [-0.39, 0.29) is 30.9 Å². The van der Waals surface area contributed by atoms with Gasteiger partial charge in [0.15, 0.2) is 0 Å². The second-order valence-electron chi connectivity index (χ2n) is 12.9. The lowest BCUT2D eigenvalue weighted by Gasteiger charge is -2.39. The second-order valence-corrected chi connectivity index (χ2v) is 12.9. The highest BCUT2D eigenvalue weighted by Gasteiger charge is 2.78. The van der Waals surface area contributed by atoms with Crippen LogP contribution in [0.3, 0.4) is 0 Å². The molecule has 2 aromatic rings. The number of likely N-dealkylation sites (N-methyl/N-ethyl adjacent to an activating group) is 1. The lowest BCUT2D eigenvalue weighted by molar-refractivity contribution is -0.151. The Labute approximate surface area is 273 Å². The molecule has 1 spiro atoms. The highest BCUT2D eigenvalue weighted by atomic mass is 16.5. The molecule has 6 atom stereocenters. The van der Waals surface area contributed by atoms with Gasteiger partial charge in [-0.3, -0.25) is 14.4 Å². The van der Waals surface area contributed by atoms with Crippen molar-refractivity contribution in [3.05, 3.63) is 85.5 Å². The van der Waals surface area contributed by atoms with Crippen molar-refractivity contribution in [1.29, 1.82) is 0 Å². The molecule has 9 heteroatoms.